The van der Waals surface area contributed by atoms with Crippen LogP contribution in [0.2, 0.25) is 0 Å². The van der Waals surface area contributed by atoms with Crippen LogP contribution >= 0.6 is 0 Å². The van der Waals surface area contributed by atoms with Gasteiger partial charge in [0.1, 0.15) is 11.4 Å². The van der Waals surface area contributed by atoms with Gasteiger partial charge in [0.2, 0.25) is 0 Å². The molecule has 0 aliphatic heterocycles. The van der Waals surface area contributed by atoms with Gasteiger partial charge in [-0.15, -0.1) is 0 Å². The maximum atomic E-state index is 12.3. The van der Waals surface area contributed by atoms with Crippen molar-refractivity contribution in [3.63, 3.8) is 0 Å². The number of benzene rings is 1. The van der Waals surface area contributed by atoms with E-state index >= 15 is 0 Å². The lowest BCUT2D eigenvalue weighted by Crippen LogP contribution is -1.96. The van der Waals surface area contributed by atoms with E-state index in [1.54, 1.807) is 31.4 Å². The van der Waals surface area contributed by atoms with Gasteiger partial charge in [-0.1, -0.05) is 6.07 Å². The van der Waals surface area contributed by atoms with Gasteiger partial charge in [0.15, 0.2) is 0 Å². The van der Waals surface area contributed by atoms with Crippen LogP contribution in [0.5, 0.6) is 5.75 Å². The molecular weight excluding hydrogens is 214 g/mol. The molecule has 0 saturated carbocycles. The first-order valence-electron chi connectivity index (χ1n) is 4.69. The Balaban J connectivity index is 2.34. The number of halogens is 2. The first-order chi connectivity index (χ1) is 7.70. The fraction of sp³-hybridized carbons (Fsp3) is 0.182. The molecule has 1 aromatic carbocycles. The van der Waals surface area contributed by atoms with E-state index in [1.165, 1.54) is 16.9 Å². The minimum Gasteiger partial charge on any atom is -0.497 e. The van der Waals surface area contributed by atoms with E-state index in [9.17, 15) is 8.78 Å². The summed E-state index contributed by atoms with van der Waals surface area (Å²) in [7, 11) is 1.55. The summed E-state index contributed by atoms with van der Waals surface area (Å²) in [5, 5.41) is 3.77. The molecule has 1 heterocycles. The molecule has 0 N–H and O–H groups in total. The molecule has 0 fully saturated rings. The van der Waals surface area contributed by atoms with E-state index in [0.717, 1.165) is 0 Å². The van der Waals surface area contributed by atoms with Crippen molar-refractivity contribution >= 4 is 0 Å². The van der Waals surface area contributed by atoms with Gasteiger partial charge < -0.3 is 4.74 Å². The Labute approximate surface area is 91.3 Å². The molecule has 0 radical (unpaired) electrons. The number of aromatic nitrogens is 2. The van der Waals surface area contributed by atoms with Crippen molar-refractivity contribution in [2.45, 2.75) is 6.43 Å². The number of alkyl halides is 2. The van der Waals surface area contributed by atoms with Gasteiger partial charge in [-0.05, 0) is 18.2 Å². The van der Waals surface area contributed by atoms with Crippen molar-refractivity contribution in [1.82, 2.24) is 9.78 Å². The van der Waals surface area contributed by atoms with Crippen LogP contribution in [0.1, 0.15) is 12.1 Å². The van der Waals surface area contributed by atoms with Crippen LogP contribution in [-0.4, -0.2) is 16.9 Å². The molecular formula is C11H10F2N2O. The van der Waals surface area contributed by atoms with E-state index in [0.29, 0.717) is 11.4 Å². The first-order valence-corrected chi connectivity index (χ1v) is 4.69. The van der Waals surface area contributed by atoms with Gasteiger partial charge in [-0.3, -0.25) is 0 Å². The number of rotatable bonds is 3. The standard InChI is InChI=1S/C11H10F2N2O/c1-16-9-4-2-3-8(7-9)15-6-5-10(14-15)11(12)13/h2-7,11H,1H3. The van der Waals surface area contributed by atoms with E-state index in [4.69, 9.17) is 4.74 Å². The highest BCUT2D eigenvalue weighted by Gasteiger charge is 2.11. The molecule has 5 heteroatoms. The molecule has 3 nitrogen and oxygen atoms in total. The Morgan fingerprint density at radius 2 is 2.12 bits per heavy atom. The van der Waals surface area contributed by atoms with Crippen LogP contribution in [0.3, 0.4) is 0 Å². The van der Waals surface area contributed by atoms with Gasteiger partial charge in [0.25, 0.3) is 6.43 Å². The highest BCUT2D eigenvalue weighted by Crippen LogP contribution is 2.19. The van der Waals surface area contributed by atoms with Crippen LogP contribution in [0.4, 0.5) is 8.78 Å². The Morgan fingerprint density at radius 1 is 1.31 bits per heavy atom. The molecule has 84 valence electrons. The lowest BCUT2D eigenvalue weighted by molar-refractivity contribution is 0.145. The summed E-state index contributed by atoms with van der Waals surface area (Å²) in [6.07, 6.45) is -1.05. The minimum absolute atomic E-state index is 0.234. The molecule has 0 unspecified atom stereocenters. The molecule has 0 spiro atoms. The number of ether oxygens (including phenoxy) is 1. The smallest absolute Gasteiger partial charge is 0.282 e. The highest BCUT2D eigenvalue weighted by molar-refractivity contribution is 5.38. The molecule has 0 atom stereocenters. The summed E-state index contributed by atoms with van der Waals surface area (Å²) in [5.41, 5.74) is 0.453. The average molecular weight is 224 g/mol. The van der Waals surface area contributed by atoms with E-state index in [2.05, 4.69) is 5.10 Å². The number of methoxy groups -OCH3 is 1. The quantitative estimate of drug-likeness (QED) is 0.801. The normalized spacial score (nSPS) is 10.8. The van der Waals surface area contributed by atoms with Crippen molar-refractivity contribution in [2.24, 2.45) is 0 Å². The maximum absolute atomic E-state index is 12.3. The van der Waals surface area contributed by atoms with Crippen LogP contribution in [0.25, 0.3) is 5.69 Å². The van der Waals surface area contributed by atoms with Crippen molar-refractivity contribution in [1.29, 1.82) is 0 Å². The van der Waals surface area contributed by atoms with Crippen LogP contribution in [-0.2, 0) is 0 Å². The molecule has 0 aliphatic carbocycles. The lowest BCUT2D eigenvalue weighted by Gasteiger charge is -2.04. The first kappa shape index (κ1) is 10.6. The average Bonchev–Trinajstić information content (AvgIpc) is 2.78. The lowest BCUT2D eigenvalue weighted by atomic mass is 10.3. The number of hydrogen-bond acceptors (Lipinski definition) is 2. The molecule has 2 rings (SSSR count). The summed E-state index contributed by atoms with van der Waals surface area (Å²) in [6, 6.07) is 8.34. The summed E-state index contributed by atoms with van der Waals surface area (Å²) >= 11 is 0. The van der Waals surface area contributed by atoms with Crippen molar-refractivity contribution in [3.8, 4) is 11.4 Å². The molecule has 0 amide bonds. The molecule has 0 bridgehead atoms. The van der Waals surface area contributed by atoms with Crippen molar-refractivity contribution < 1.29 is 13.5 Å². The van der Waals surface area contributed by atoms with Crippen LogP contribution in [0, 0.1) is 0 Å². The summed E-state index contributed by atoms with van der Waals surface area (Å²) < 4.78 is 31.1. The Morgan fingerprint density at radius 3 is 2.75 bits per heavy atom. The Kier molecular flexibility index (Phi) is 2.85. The van der Waals surface area contributed by atoms with Gasteiger partial charge in [0.05, 0.1) is 12.8 Å². The molecule has 0 saturated heterocycles. The fourth-order valence-electron chi connectivity index (χ4n) is 1.35. The van der Waals surface area contributed by atoms with Gasteiger partial charge in [0, 0.05) is 12.3 Å². The molecule has 2 aromatic rings. The van der Waals surface area contributed by atoms with Gasteiger partial charge >= 0.3 is 0 Å². The maximum Gasteiger partial charge on any atom is 0.282 e. The zero-order valence-corrected chi connectivity index (χ0v) is 8.60. The second-order valence-electron chi connectivity index (χ2n) is 3.19. The second kappa shape index (κ2) is 4.30. The van der Waals surface area contributed by atoms with Crippen LogP contribution < -0.4 is 4.74 Å². The third-order valence-electron chi connectivity index (χ3n) is 2.15. The van der Waals surface area contributed by atoms with Crippen LogP contribution in [0.15, 0.2) is 36.5 Å². The van der Waals surface area contributed by atoms with E-state index in [1.807, 2.05) is 0 Å². The largest absolute Gasteiger partial charge is 0.497 e. The summed E-state index contributed by atoms with van der Waals surface area (Å²) in [4.78, 5) is 0. The topological polar surface area (TPSA) is 27.1 Å². The summed E-state index contributed by atoms with van der Waals surface area (Å²) in [5.74, 6) is 0.659. The number of nitrogens with zero attached hydrogens (tertiary/aromatic N) is 2. The Hall–Kier alpha value is -1.91. The van der Waals surface area contributed by atoms with Crippen molar-refractivity contribution in [3.05, 3.63) is 42.2 Å². The Bertz CT molecular complexity index is 482. The predicted octanol–water partition coefficient (Wildman–Crippen LogP) is 2.82. The van der Waals surface area contributed by atoms with Gasteiger partial charge in [-0.25, -0.2) is 13.5 Å². The second-order valence-corrected chi connectivity index (χ2v) is 3.19. The fourth-order valence-corrected chi connectivity index (χ4v) is 1.35. The summed E-state index contributed by atoms with van der Waals surface area (Å²) in [6.45, 7) is 0. The SMILES string of the molecule is COc1cccc(-n2ccc(C(F)F)n2)c1. The molecule has 0 aliphatic rings. The molecule has 1 aromatic heterocycles. The zero-order valence-electron chi connectivity index (χ0n) is 8.60. The predicted molar refractivity (Wildman–Crippen MR) is 55.1 cm³/mol. The van der Waals surface area contributed by atoms with E-state index < -0.39 is 6.43 Å². The number of hydrogen-bond donors (Lipinski definition) is 0. The zero-order chi connectivity index (χ0) is 11.5. The monoisotopic (exact) mass is 224 g/mol. The third kappa shape index (κ3) is 2.03. The highest BCUT2D eigenvalue weighted by atomic mass is 19.3. The third-order valence-corrected chi connectivity index (χ3v) is 2.15. The molecule has 16 heavy (non-hydrogen) atoms. The minimum atomic E-state index is -2.55. The van der Waals surface area contributed by atoms with Gasteiger partial charge in [-0.2, -0.15) is 5.10 Å². The van der Waals surface area contributed by atoms with Crippen molar-refractivity contribution in [2.75, 3.05) is 7.11 Å². The van der Waals surface area contributed by atoms with E-state index in [-0.39, 0.29) is 5.69 Å².